The summed E-state index contributed by atoms with van der Waals surface area (Å²) < 4.78 is 5.18. The van der Waals surface area contributed by atoms with Gasteiger partial charge in [-0.1, -0.05) is 17.8 Å². The van der Waals surface area contributed by atoms with Gasteiger partial charge in [0.1, 0.15) is 22.8 Å². The van der Waals surface area contributed by atoms with E-state index in [4.69, 9.17) is 4.74 Å². The number of carbonyl (C=O) groups is 1. The van der Waals surface area contributed by atoms with Gasteiger partial charge in [0.25, 0.3) is 11.6 Å². The van der Waals surface area contributed by atoms with Crippen molar-refractivity contribution in [3.8, 4) is 11.8 Å². The van der Waals surface area contributed by atoms with Gasteiger partial charge in [-0.2, -0.15) is 5.26 Å². The molecule has 1 atom stereocenters. The minimum absolute atomic E-state index is 0.0269. The van der Waals surface area contributed by atoms with Crippen LogP contribution in [0.5, 0.6) is 5.75 Å². The van der Waals surface area contributed by atoms with Gasteiger partial charge in [0.05, 0.1) is 17.1 Å². The van der Waals surface area contributed by atoms with Gasteiger partial charge in [0, 0.05) is 23.9 Å². The fraction of sp³-hybridized carbons (Fsp3) is 0.111. The molecule has 2 aromatic rings. The maximum Gasteiger partial charge on any atom is 0.269 e. The molecule has 1 amide bonds. The average molecular weight is 382 g/mol. The number of nitro groups is 1. The molecule has 2 aromatic carbocycles. The molecule has 1 heterocycles. The third-order valence-electron chi connectivity index (χ3n) is 3.80. The summed E-state index contributed by atoms with van der Waals surface area (Å²) in [5.74, 6) is 0.126. The Hall–Kier alpha value is -3.51. The van der Waals surface area contributed by atoms with Gasteiger partial charge in [0.2, 0.25) is 0 Å². The van der Waals surface area contributed by atoms with Gasteiger partial charge in [-0.15, -0.1) is 0 Å². The number of rotatable bonds is 5. The molecule has 9 heteroatoms. The summed E-state index contributed by atoms with van der Waals surface area (Å²) in [6, 6.07) is 14.9. The van der Waals surface area contributed by atoms with Crippen LogP contribution in [-0.4, -0.2) is 17.9 Å². The lowest BCUT2D eigenvalue weighted by molar-refractivity contribution is -0.384. The van der Waals surface area contributed by atoms with E-state index in [0.29, 0.717) is 22.0 Å². The number of amides is 1. The van der Waals surface area contributed by atoms with Crippen LogP contribution < -0.4 is 15.4 Å². The van der Waals surface area contributed by atoms with Crippen LogP contribution in [0, 0.1) is 21.4 Å². The Morgan fingerprint density at radius 2 is 2.04 bits per heavy atom. The predicted octanol–water partition coefficient (Wildman–Crippen LogP) is 3.31. The summed E-state index contributed by atoms with van der Waals surface area (Å²) in [5, 5.41) is 25.9. The number of nitrogens with one attached hydrogen (secondary N) is 2. The highest BCUT2D eigenvalue weighted by Gasteiger charge is 2.29. The predicted molar refractivity (Wildman–Crippen MR) is 101 cm³/mol. The molecular formula is C18H14N4O4S. The van der Waals surface area contributed by atoms with Crippen molar-refractivity contribution < 1.29 is 14.5 Å². The van der Waals surface area contributed by atoms with Crippen molar-refractivity contribution >= 4 is 29.0 Å². The molecule has 8 nitrogen and oxygen atoms in total. The van der Waals surface area contributed by atoms with E-state index in [1.807, 2.05) is 6.07 Å². The van der Waals surface area contributed by atoms with Crippen LogP contribution in [0.25, 0.3) is 0 Å². The SMILES string of the molecule is COc1cccc(NC2=C(C#N)C(=O)NC(c3ccc([N+](=O)[O-])cc3)S2)c1. The van der Waals surface area contributed by atoms with Crippen LogP contribution in [-0.2, 0) is 4.79 Å². The maximum absolute atomic E-state index is 12.3. The van der Waals surface area contributed by atoms with E-state index < -0.39 is 16.2 Å². The Balaban J connectivity index is 1.88. The van der Waals surface area contributed by atoms with E-state index >= 15 is 0 Å². The topological polar surface area (TPSA) is 117 Å². The van der Waals surface area contributed by atoms with Crippen molar-refractivity contribution in [2.45, 2.75) is 5.37 Å². The Morgan fingerprint density at radius 1 is 1.30 bits per heavy atom. The number of benzene rings is 2. The number of anilines is 1. The second-order valence-corrected chi connectivity index (χ2v) is 6.61. The summed E-state index contributed by atoms with van der Waals surface area (Å²) in [7, 11) is 1.55. The highest BCUT2D eigenvalue weighted by atomic mass is 32.2. The van der Waals surface area contributed by atoms with Crippen molar-refractivity contribution in [3.63, 3.8) is 0 Å². The first-order valence-corrected chi connectivity index (χ1v) is 8.67. The van der Waals surface area contributed by atoms with E-state index in [2.05, 4.69) is 10.6 Å². The summed E-state index contributed by atoms with van der Waals surface area (Å²) >= 11 is 1.25. The average Bonchev–Trinajstić information content (AvgIpc) is 2.68. The quantitative estimate of drug-likeness (QED) is 0.602. The minimum atomic E-state index is -0.509. The van der Waals surface area contributed by atoms with Crippen LogP contribution in [0.4, 0.5) is 11.4 Å². The molecular weight excluding hydrogens is 368 g/mol. The molecule has 0 aliphatic carbocycles. The molecule has 27 heavy (non-hydrogen) atoms. The Labute approximate surface area is 159 Å². The van der Waals surface area contributed by atoms with E-state index in [9.17, 15) is 20.2 Å². The molecule has 0 spiro atoms. The van der Waals surface area contributed by atoms with Crippen LogP contribution in [0.1, 0.15) is 10.9 Å². The standard InChI is InChI=1S/C18H14N4O4S/c1-26-14-4-2-3-12(9-14)20-18-15(10-19)16(23)21-17(27-18)11-5-7-13(8-6-11)22(24)25/h2-9,17,20H,1H3,(H,21,23). The van der Waals surface area contributed by atoms with Crippen molar-refractivity contribution in [2.75, 3.05) is 12.4 Å². The highest BCUT2D eigenvalue weighted by Crippen LogP contribution is 2.38. The van der Waals surface area contributed by atoms with Crippen LogP contribution in [0.2, 0.25) is 0 Å². The van der Waals surface area contributed by atoms with E-state index in [0.717, 1.165) is 0 Å². The monoisotopic (exact) mass is 382 g/mol. The zero-order chi connectivity index (χ0) is 19.4. The van der Waals surface area contributed by atoms with Crippen molar-refractivity contribution in [1.82, 2.24) is 5.32 Å². The highest BCUT2D eigenvalue weighted by molar-refractivity contribution is 8.03. The summed E-state index contributed by atoms with van der Waals surface area (Å²) in [6.07, 6.45) is 0. The number of carbonyl (C=O) groups excluding carboxylic acids is 1. The van der Waals surface area contributed by atoms with Crippen molar-refractivity contribution in [2.24, 2.45) is 0 Å². The third kappa shape index (κ3) is 4.02. The maximum atomic E-state index is 12.3. The summed E-state index contributed by atoms with van der Waals surface area (Å²) in [4.78, 5) is 22.6. The lowest BCUT2D eigenvalue weighted by atomic mass is 10.2. The molecule has 1 aliphatic heterocycles. The zero-order valence-corrected chi connectivity index (χ0v) is 14.9. The Bertz CT molecular complexity index is 966. The lowest BCUT2D eigenvalue weighted by Crippen LogP contribution is -2.33. The Kier molecular flexibility index (Phi) is 5.28. The zero-order valence-electron chi connectivity index (χ0n) is 14.1. The molecule has 136 valence electrons. The number of nitriles is 1. The first-order chi connectivity index (χ1) is 13.0. The van der Waals surface area contributed by atoms with Gasteiger partial charge in [-0.25, -0.2) is 0 Å². The van der Waals surface area contributed by atoms with Gasteiger partial charge in [-0.3, -0.25) is 14.9 Å². The Morgan fingerprint density at radius 3 is 2.67 bits per heavy atom. The number of methoxy groups -OCH3 is 1. The molecule has 1 unspecified atom stereocenters. The number of hydrogen-bond acceptors (Lipinski definition) is 7. The molecule has 3 rings (SSSR count). The van der Waals surface area contributed by atoms with Crippen molar-refractivity contribution in [3.05, 3.63) is 74.8 Å². The number of ether oxygens (including phenoxy) is 1. The van der Waals surface area contributed by atoms with Crippen LogP contribution >= 0.6 is 11.8 Å². The summed E-state index contributed by atoms with van der Waals surface area (Å²) in [6.45, 7) is 0. The fourth-order valence-corrected chi connectivity index (χ4v) is 3.58. The first-order valence-electron chi connectivity index (χ1n) is 7.79. The molecule has 0 aromatic heterocycles. The minimum Gasteiger partial charge on any atom is -0.497 e. The molecule has 0 fully saturated rings. The van der Waals surface area contributed by atoms with Gasteiger partial charge in [-0.05, 0) is 29.8 Å². The van der Waals surface area contributed by atoms with E-state index in [1.54, 1.807) is 43.5 Å². The summed E-state index contributed by atoms with van der Waals surface area (Å²) in [5.41, 5.74) is 1.29. The number of non-ortho nitro benzene ring substituents is 1. The van der Waals surface area contributed by atoms with Gasteiger partial charge >= 0.3 is 0 Å². The number of thioether (sulfide) groups is 1. The fourth-order valence-electron chi connectivity index (χ4n) is 2.45. The van der Waals surface area contributed by atoms with E-state index in [-0.39, 0.29) is 11.3 Å². The van der Waals surface area contributed by atoms with Gasteiger partial charge in [0.15, 0.2) is 0 Å². The van der Waals surface area contributed by atoms with Crippen LogP contribution in [0.15, 0.2) is 59.1 Å². The molecule has 1 aliphatic rings. The lowest BCUT2D eigenvalue weighted by Gasteiger charge is -2.26. The normalized spacial score (nSPS) is 16.3. The molecule has 0 saturated carbocycles. The molecule has 0 bridgehead atoms. The molecule has 2 N–H and O–H groups in total. The third-order valence-corrected chi connectivity index (χ3v) is 4.97. The smallest absolute Gasteiger partial charge is 0.269 e. The first kappa shape index (κ1) is 18.3. The number of hydrogen-bond donors (Lipinski definition) is 2. The van der Waals surface area contributed by atoms with E-state index in [1.165, 1.54) is 23.9 Å². The van der Waals surface area contributed by atoms with Crippen LogP contribution in [0.3, 0.4) is 0 Å². The largest absolute Gasteiger partial charge is 0.497 e. The second kappa shape index (κ2) is 7.80. The van der Waals surface area contributed by atoms with Gasteiger partial charge < -0.3 is 15.4 Å². The molecule has 0 radical (unpaired) electrons. The second-order valence-electron chi connectivity index (χ2n) is 5.49. The van der Waals surface area contributed by atoms with Crippen molar-refractivity contribution in [1.29, 1.82) is 5.26 Å². The number of nitrogens with zero attached hydrogens (tertiary/aromatic N) is 2. The molecule has 0 saturated heterocycles. The number of nitro benzene ring substituents is 1.